The number of carbonyl (C=O) groups excluding carboxylic acids is 2. The summed E-state index contributed by atoms with van der Waals surface area (Å²) in [5.41, 5.74) is 0. The van der Waals surface area contributed by atoms with E-state index in [9.17, 15) is 19.2 Å². The minimum Gasteiger partial charge on any atom is -0.481 e. The number of carboxylic acid groups (broad SMARTS) is 2. The summed E-state index contributed by atoms with van der Waals surface area (Å²) in [5.74, 6) is -3.50. The van der Waals surface area contributed by atoms with Crippen LogP contribution in [-0.2, 0) is 19.2 Å². The van der Waals surface area contributed by atoms with Crippen LogP contribution in [0.15, 0.2) is 12.2 Å². The summed E-state index contributed by atoms with van der Waals surface area (Å²) in [4.78, 5) is 39.5. The molecule has 0 bridgehead atoms. The number of aliphatic hydroxyl groups excluding tert-OH is 1. The monoisotopic (exact) mass is 231 g/mol. The molecule has 0 saturated heterocycles. The van der Waals surface area contributed by atoms with E-state index in [2.05, 4.69) is 0 Å². The van der Waals surface area contributed by atoms with Crippen molar-refractivity contribution < 1.29 is 34.5 Å². The van der Waals surface area contributed by atoms with Gasteiger partial charge in [-0.05, 0) is 0 Å². The van der Waals surface area contributed by atoms with E-state index in [0.29, 0.717) is 0 Å². The molecule has 8 nitrogen and oxygen atoms in total. The van der Waals surface area contributed by atoms with Crippen molar-refractivity contribution in [3.05, 3.63) is 12.2 Å². The molecule has 1 aliphatic heterocycles. The molecule has 1 aliphatic rings. The summed E-state index contributed by atoms with van der Waals surface area (Å²) in [7, 11) is 0. The molecule has 1 unspecified atom stereocenters. The number of carboxylic acids is 2. The molecule has 1 atom stereocenters. The third-order valence-electron chi connectivity index (χ3n) is 1.29. The fourth-order valence-corrected chi connectivity index (χ4v) is 0.609. The zero-order chi connectivity index (χ0) is 12.7. The summed E-state index contributed by atoms with van der Waals surface area (Å²) in [6.07, 6.45) is -0.150. The highest BCUT2D eigenvalue weighted by Gasteiger charge is 2.16. The van der Waals surface area contributed by atoms with Gasteiger partial charge in [0.25, 0.3) is 11.8 Å². The van der Waals surface area contributed by atoms with Crippen LogP contribution < -0.4 is 5.32 Å². The van der Waals surface area contributed by atoms with E-state index in [1.807, 2.05) is 5.32 Å². The first-order valence-electron chi connectivity index (χ1n) is 3.98. The van der Waals surface area contributed by atoms with E-state index in [0.717, 1.165) is 0 Å². The molecule has 0 aromatic carbocycles. The van der Waals surface area contributed by atoms with Crippen LogP contribution in [0.4, 0.5) is 0 Å². The number of imide groups is 1. The molecule has 0 aromatic rings. The van der Waals surface area contributed by atoms with Crippen molar-refractivity contribution in [2.24, 2.45) is 0 Å². The van der Waals surface area contributed by atoms with E-state index in [1.165, 1.54) is 12.2 Å². The number of hydrogen-bond acceptors (Lipinski definition) is 5. The van der Waals surface area contributed by atoms with Gasteiger partial charge in [-0.2, -0.15) is 0 Å². The number of hydrogen-bond donors (Lipinski definition) is 4. The molecule has 88 valence electrons. The minimum atomic E-state index is -1.79. The lowest BCUT2D eigenvalue weighted by Crippen LogP contribution is -2.22. The maximum absolute atomic E-state index is 10.0. The summed E-state index contributed by atoms with van der Waals surface area (Å²) < 4.78 is 0. The molecule has 1 heterocycles. The van der Waals surface area contributed by atoms with E-state index >= 15 is 0 Å². The van der Waals surface area contributed by atoms with Gasteiger partial charge in [0.1, 0.15) is 0 Å². The predicted octanol–water partition coefficient (Wildman–Crippen LogP) is -1.89. The molecular formula is C8H9NO7. The Morgan fingerprint density at radius 3 is 1.75 bits per heavy atom. The Morgan fingerprint density at radius 1 is 1.19 bits per heavy atom. The third-order valence-corrected chi connectivity index (χ3v) is 1.29. The zero-order valence-corrected chi connectivity index (χ0v) is 7.91. The molecule has 8 heteroatoms. The van der Waals surface area contributed by atoms with Gasteiger partial charge in [-0.3, -0.25) is 19.7 Å². The highest BCUT2D eigenvalue weighted by Crippen LogP contribution is 1.89. The van der Waals surface area contributed by atoms with Gasteiger partial charge < -0.3 is 15.3 Å². The van der Waals surface area contributed by atoms with Gasteiger partial charge in [0.15, 0.2) is 6.10 Å². The summed E-state index contributed by atoms with van der Waals surface area (Å²) >= 11 is 0. The number of carbonyl (C=O) groups is 4. The van der Waals surface area contributed by atoms with Crippen LogP contribution in [0, 0.1) is 0 Å². The lowest BCUT2D eigenvalue weighted by Gasteiger charge is -1.97. The normalized spacial score (nSPS) is 14.8. The van der Waals surface area contributed by atoms with Crippen LogP contribution in [0.5, 0.6) is 0 Å². The van der Waals surface area contributed by atoms with Crippen molar-refractivity contribution in [3.63, 3.8) is 0 Å². The Morgan fingerprint density at radius 2 is 1.62 bits per heavy atom. The molecule has 16 heavy (non-hydrogen) atoms. The molecule has 0 fully saturated rings. The fourth-order valence-electron chi connectivity index (χ4n) is 0.609. The lowest BCUT2D eigenvalue weighted by molar-refractivity contribution is -0.152. The number of aliphatic hydroxyl groups is 1. The van der Waals surface area contributed by atoms with Crippen LogP contribution in [0.25, 0.3) is 0 Å². The highest BCUT2D eigenvalue weighted by molar-refractivity contribution is 6.12. The van der Waals surface area contributed by atoms with Gasteiger partial charge in [0.05, 0.1) is 6.42 Å². The largest absolute Gasteiger partial charge is 0.481 e. The number of aliphatic carboxylic acids is 2. The van der Waals surface area contributed by atoms with Gasteiger partial charge in [0.2, 0.25) is 0 Å². The Kier molecular flexibility index (Phi) is 5.42. The topological polar surface area (TPSA) is 141 Å². The molecule has 2 amide bonds. The minimum absolute atomic E-state index is 0.329. The quantitative estimate of drug-likeness (QED) is 0.416. The Labute approximate surface area is 89.2 Å². The Balaban J connectivity index is 0.000000288. The van der Waals surface area contributed by atoms with Crippen LogP contribution in [0.3, 0.4) is 0 Å². The molecule has 0 aromatic heterocycles. The molecule has 0 spiro atoms. The molecule has 4 N–H and O–H groups in total. The second-order valence-electron chi connectivity index (χ2n) is 2.64. The SMILES string of the molecule is O=C(O)CC(O)C(=O)O.O=C1C=CC(=O)N1. The van der Waals surface area contributed by atoms with Crippen molar-refractivity contribution in [2.45, 2.75) is 12.5 Å². The van der Waals surface area contributed by atoms with E-state index < -0.39 is 24.5 Å². The summed E-state index contributed by atoms with van der Waals surface area (Å²) in [5, 5.41) is 26.2. The fraction of sp³-hybridized carbons (Fsp3) is 0.250. The van der Waals surface area contributed by atoms with Gasteiger partial charge in [-0.25, -0.2) is 4.79 Å². The first kappa shape index (κ1) is 13.8. The second kappa shape index (κ2) is 6.30. The second-order valence-corrected chi connectivity index (χ2v) is 2.64. The van der Waals surface area contributed by atoms with Crippen LogP contribution >= 0.6 is 0 Å². The standard InChI is InChI=1S/C4H3NO2.C4H6O5/c6-3-1-2-4(7)5-3;5-2(4(8)9)1-3(6)7/h1-2H,(H,5,6,7);2,5H,1H2,(H,6,7)(H,8,9). The Bertz CT molecular complexity index is 330. The first-order chi connectivity index (χ1) is 7.32. The molecular weight excluding hydrogens is 222 g/mol. The van der Waals surface area contributed by atoms with Crippen molar-refractivity contribution in [3.8, 4) is 0 Å². The predicted molar refractivity (Wildman–Crippen MR) is 48.2 cm³/mol. The van der Waals surface area contributed by atoms with E-state index in [-0.39, 0.29) is 11.8 Å². The van der Waals surface area contributed by atoms with Gasteiger partial charge in [-0.15, -0.1) is 0 Å². The maximum Gasteiger partial charge on any atom is 0.333 e. The zero-order valence-electron chi connectivity index (χ0n) is 7.91. The lowest BCUT2D eigenvalue weighted by atomic mass is 10.3. The summed E-state index contributed by atoms with van der Waals surface area (Å²) in [6, 6.07) is 0. The van der Waals surface area contributed by atoms with Gasteiger partial charge in [0, 0.05) is 12.2 Å². The van der Waals surface area contributed by atoms with Crippen LogP contribution in [0.2, 0.25) is 0 Å². The van der Waals surface area contributed by atoms with Crippen molar-refractivity contribution >= 4 is 23.8 Å². The number of amides is 2. The smallest absolute Gasteiger partial charge is 0.333 e. The molecule has 1 rings (SSSR count). The first-order valence-corrected chi connectivity index (χ1v) is 3.98. The van der Waals surface area contributed by atoms with Crippen molar-refractivity contribution in [2.75, 3.05) is 0 Å². The van der Waals surface area contributed by atoms with Crippen molar-refractivity contribution in [1.82, 2.24) is 5.32 Å². The van der Waals surface area contributed by atoms with Gasteiger partial charge >= 0.3 is 11.9 Å². The maximum atomic E-state index is 10.0. The highest BCUT2D eigenvalue weighted by atomic mass is 16.4. The van der Waals surface area contributed by atoms with E-state index in [4.69, 9.17) is 15.3 Å². The average molecular weight is 231 g/mol. The molecule has 0 aliphatic carbocycles. The third kappa shape index (κ3) is 6.27. The van der Waals surface area contributed by atoms with Gasteiger partial charge in [-0.1, -0.05) is 0 Å². The van der Waals surface area contributed by atoms with E-state index in [1.54, 1.807) is 0 Å². The Hall–Kier alpha value is -2.22. The summed E-state index contributed by atoms with van der Waals surface area (Å²) in [6.45, 7) is 0. The molecule has 0 radical (unpaired) electrons. The number of rotatable bonds is 3. The van der Waals surface area contributed by atoms with Crippen LogP contribution in [0.1, 0.15) is 6.42 Å². The molecule has 0 saturated carbocycles. The number of nitrogens with one attached hydrogen (secondary N) is 1. The van der Waals surface area contributed by atoms with Crippen LogP contribution in [-0.4, -0.2) is 45.2 Å². The average Bonchev–Trinajstić information content (AvgIpc) is 2.49. The van der Waals surface area contributed by atoms with Crippen molar-refractivity contribution in [1.29, 1.82) is 0 Å².